The molecule has 1 aromatic carbocycles. The van der Waals surface area contributed by atoms with Gasteiger partial charge in [-0.05, 0) is 44.5 Å². The van der Waals surface area contributed by atoms with Crippen molar-refractivity contribution in [3.63, 3.8) is 0 Å². The van der Waals surface area contributed by atoms with E-state index in [1.54, 1.807) is 0 Å². The summed E-state index contributed by atoms with van der Waals surface area (Å²) in [5, 5.41) is 7.73. The maximum atomic E-state index is 7.73. The molecule has 0 amide bonds. The fourth-order valence-corrected chi connectivity index (χ4v) is 3.52. The second-order valence-electron chi connectivity index (χ2n) is 5.92. The third-order valence-corrected chi connectivity index (χ3v) is 4.61. The molecule has 0 bridgehead atoms. The number of nitrogens with one attached hydrogen (secondary N) is 1. The van der Waals surface area contributed by atoms with E-state index in [9.17, 15) is 0 Å². The van der Waals surface area contributed by atoms with Crippen LogP contribution in [-0.2, 0) is 0 Å². The lowest BCUT2D eigenvalue weighted by molar-refractivity contribution is 0.175. The van der Waals surface area contributed by atoms with Gasteiger partial charge in [0.15, 0.2) is 0 Å². The zero-order valence-electron chi connectivity index (χ0n) is 12.0. The van der Waals surface area contributed by atoms with Gasteiger partial charge in [-0.2, -0.15) is 0 Å². The molecule has 0 spiro atoms. The van der Waals surface area contributed by atoms with Crippen molar-refractivity contribution >= 4 is 11.5 Å². The fraction of sp³-hybridized carbons (Fsp3) is 0.562. The van der Waals surface area contributed by atoms with Gasteiger partial charge in [-0.25, -0.2) is 0 Å². The highest BCUT2D eigenvalue weighted by Gasteiger charge is 2.29. The second-order valence-corrected chi connectivity index (χ2v) is 5.92. The van der Waals surface area contributed by atoms with Gasteiger partial charge in [0.1, 0.15) is 5.84 Å². The maximum absolute atomic E-state index is 7.73. The normalized spacial score (nSPS) is 24.0. The van der Waals surface area contributed by atoms with Gasteiger partial charge >= 0.3 is 0 Å². The lowest BCUT2D eigenvalue weighted by Crippen LogP contribution is -2.41. The van der Waals surface area contributed by atoms with Crippen LogP contribution in [0.15, 0.2) is 24.3 Å². The number of benzene rings is 1. The Hall–Kier alpha value is -1.55. The first kappa shape index (κ1) is 13.4. The summed E-state index contributed by atoms with van der Waals surface area (Å²) in [5.41, 5.74) is 7.70. The Morgan fingerprint density at radius 3 is 2.60 bits per heavy atom. The van der Waals surface area contributed by atoms with E-state index in [1.807, 2.05) is 18.2 Å². The van der Waals surface area contributed by atoms with Crippen molar-refractivity contribution in [3.8, 4) is 0 Å². The van der Waals surface area contributed by atoms with E-state index in [2.05, 4.69) is 15.9 Å². The van der Waals surface area contributed by atoms with E-state index in [0.29, 0.717) is 6.04 Å². The molecule has 1 aromatic rings. The highest BCUT2D eigenvalue weighted by molar-refractivity contribution is 6.00. The minimum absolute atomic E-state index is 0.169. The number of anilines is 1. The van der Waals surface area contributed by atoms with Gasteiger partial charge in [-0.1, -0.05) is 18.6 Å². The minimum Gasteiger partial charge on any atom is -0.384 e. The van der Waals surface area contributed by atoms with Gasteiger partial charge < -0.3 is 10.6 Å². The number of nitrogens with zero attached hydrogens (tertiary/aromatic N) is 2. The first-order valence-corrected chi connectivity index (χ1v) is 7.68. The number of nitrogen functional groups attached to an aromatic ring is 1. The summed E-state index contributed by atoms with van der Waals surface area (Å²) in [7, 11) is 0. The number of hydrogen-bond acceptors (Lipinski definition) is 3. The second kappa shape index (κ2) is 5.83. The molecule has 3 N–H and O–H groups in total. The summed E-state index contributed by atoms with van der Waals surface area (Å²) >= 11 is 0. The molecule has 20 heavy (non-hydrogen) atoms. The standard InChI is InChI=1S/C16H24N4/c17-16(18)14-6-2-3-7-15(14)20-11-8-13(12-20)19-9-4-1-5-10-19/h2-3,6-7,13H,1,4-5,8-12H2,(H3,17,18). The quantitative estimate of drug-likeness (QED) is 0.654. The van der Waals surface area contributed by atoms with Crippen molar-refractivity contribution in [2.45, 2.75) is 31.7 Å². The van der Waals surface area contributed by atoms with Gasteiger partial charge in [0.05, 0.1) is 0 Å². The number of nitrogens with two attached hydrogens (primary N) is 1. The number of para-hydroxylation sites is 1. The Bertz CT molecular complexity index is 479. The van der Waals surface area contributed by atoms with Crippen molar-refractivity contribution in [3.05, 3.63) is 29.8 Å². The summed E-state index contributed by atoms with van der Waals surface area (Å²) in [4.78, 5) is 5.05. The summed E-state index contributed by atoms with van der Waals surface area (Å²) in [5.74, 6) is 0.169. The summed E-state index contributed by atoms with van der Waals surface area (Å²) in [6.45, 7) is 4.66. The van der Waals surface area contributed by atoms with E-state index in [0.717, 1.165) is 24.3 Å². The highest BCUT2D eigenvalue weighted by atomic mass is 15.3. The molecule has 3 rings (SSSR count). The molecule has 4 heteroatoms. The zero-order chi connectivity index (χ0) is 13.9. The molecule has 2 heterocycles. The Kier molecular flexibility index (Phi) is 3.92. The number of likely N-dealkylation sites (tertiary alicyclic amines) is 1. The van der Waals surface area contributed by atoms with Crippen molar-refractivity contribution in [2.75, 3.05) is 31.1 Å². The highest BCUT2D eigenvalue weighted by Crippen LogP contribution is 2.27. The fourth-order valence-electron chi connectivity index (χ4n) is 3.52. The Balaban J connectivity index is 1.72. The molecule has 1 atom stereocenters. The van der Waals surface area contributed by atoms with Crippen LogP contribution in [0.2, 0.25) is 0 Å². The van der Waals surface area contributed by atoms with Gasteiger partial charge in [-0.3, -0.25) is 10.3 Å². The molecule has 0 aromatic heterocycles. The number of amidine groups is 1. The predicted molar refractivity (Wildman–Crippen MR) is 83.5 cm³/mol. The van der Waals surface area contributed by atoms with Gasteiger partial charge in [0, 0.05) is 30.4 Å². The van der Waals surface area contributed by atoms with Crippen LogP contribution in [0, 0.1) is 5.41 Å². The summed E-state index contributed by atoms with van der Waals surface area (Å²) < 4.78 is 0. The molecule has 2 aliphatic heterocycles. The number of piperidine rings is 1. The van der Waals surface area contributed by atoms with Crippen molar-refractivity contribution in [1.82, 2.24) is 4.90 Å². The molecule has 1 unspecified atom stereocenters. The number of rotatable bonds is 3. The molecule has 108 valence electrons. The van der Waals surface area contributed by atoms with E-state index in [1.165, 1.54) is 38.8 Å². The average molecular weight is 272 g/mol. The summed E-state index contributed by atoms with van der Waals surface area (Å²) in [6, 6.07) is 8.71. The SMILES string of the molecule is N=C(N)c1ccccc1N1CCC(N2CCCCC2)C1. The lowest BCUT2D eigenvalue weighted by atomic mass is 10.1. The minimum atomic E-state index is 0.169. The molecule has 4 nitrogen and oxygen atoms in total. The van der Waals surface area contributed by atoms with Crippen LogP contribution in [0.4, 0.5) is 5.69 Å². The first-order valence-electron chi connectivity index (χ1n) is 7.68. The smallest absolute Gasteiger partial charge is 0.124 e. The van der Waals surface area contributed by atoms with Crippen LogP contribution in [0.5, 0.6) is 0 Å². The Morgan fingerprint density at radius 1 is 1.10 bits per heavy atom. The maximum Gasteiger partial charge on any atom is 0.124 e. The van der Waals surface area contributed by atoms with Gasteiger partial charge in [-0.15, -0.1) is 0 Å². The topological polar surface area (TPSA) is 56.4 Å². The van der Waals surface area contributed by atoms with Crippen LogP contribution in [0.1, 0.15) is 31.2 Å². The Labute approximate surface area is 121 Å². The van der Waals surface area contributed by atoms with Crippen molar-refractivity contribution in [2.24, 2.45) is 5.73 Å². The van der Waals surface area contributed by atoms with Crippen molar-refractivity contribution < 1.29 is 0 Å². The molecule has 2 fully saturated rings. The van der Waals surface area contributed by atoms with Crippen LogP contribution in [0.3, 0.4) is 0 Å². The van der Waals surface area contributed by atoms with E-state index in [-0.39, 0.29) is 5.84 Å². The molecule has 2 saturated heterocycles. The van der Waals surface area contributed by atoms with E-state index < -0.39 is 0 Å². The molecular formula is C16H24N4. The molecule has 0 saturated carbocycles. The predicted octanol–water partition coefficient (Wildman–Crippen LogP) is 2.04. The van der Waals surface area contributed by atoms with Crippen LogP contribution in [-0.4, -0.2) is 43.0 Å². The average Bonchev–Trinajstić information content (AvgIpc) is 2.98. The van der Waals surface area contributed by atoms with E-state index in [4.69, 9.17) is 11.1 Å². The third kappa shape index (κ3) is 2.66. The number of hydrogen-bond donors (Lipinski definition) is 2. The van der Waals surface area contributed by atoms with E-state index >= 15 is 0 Å². The monoisotopic (exact) mass is 272 g/mol. The molecular weight excluding hydrogens is 248 g/mol. The molecule has 0 radical (unpaired) electrons. The third-order valence-electron chi connectivity index (χ3n) is 4.61. The van der Waals surface area contributed by atoms with Gasteiger partial charge in [0.2, 0.25) is 0 Å². The first-order chi connectivity index (χ1) is 9.75. The van der Waals surface area contributed by atoms with Crippen LogP contribution >= 0.6 is 0 Å². The zero-order valence-corrected chi connectivity index (χ0v) is 12.0. The van der Waals surface area contributed by atoms with Crippen LogP contribution in [0.25, 0.3) is 0 Å². The molecule has 0 aliphatic carbocycles. The van der Waals surface area contributed by atoms with Crippen molar-refractivity contribution in [1.29, 1.82) is 5.41 Å². The van der Waals surface area contributed by atoms with Gasteiger partial charge in [0.25, 0.3) is 0 Å². The largest absolute Gasteiger partial charge is 0.384 e. The van der Waals surface area contributed by atoms with Crippen LogP contribution < -0.4 is 10.6 Å². The summed E-state index contributed by atoms with van der Waals surface area (Å²) in [6.07, 6.45) is 5.31. The lowest BCUT2D eigenvalue weighted by Gasteiger charge is -2.32. The molecule has 2 aliphatic rings. The Morgan fingerprint density at radius 2 is 1.85 bits per heavy atom.